The maximum Gasteiger partial charge on any atom is 0.340 e. The molecule has 0 aliphatic carbocycles. The Morgan fingerprint density at radius 2 is 1.74 bits per heavy atom. The van der Waals surface area contributed by atoms with Crippen LogP contribution in [0.5, 0.6) is 5.75 Å². The Kier molecular flexibility index (Phi) is 7.33. The van der Waals surface area contributed by atoms with Gasteiger partial charge < -0.3 is 14.1 Å². The highest BCUT2D eigenvalue weighted by molar-refractivity contribution is 6.18. The molecule has 0 atom stereocenters. The zero-order chi connectivity index (χ0) is 27.6. The molecule has 12 heteroatoms. The normalized spacial score (nSPS) is 12.3. The zero-order valence-corrected chi connectivity index (χ0v) is 20.2. The minimum absolute atomic E-state index is 0.000826. The van der Waals surface area contributed by atoms with Gasteiger partial charge in [0.2, 0.25) is 0 Å². The topological polar surface area (TPSA) is 96.0 Å². The number of oxime groups is 1. The van der Waals surface area contributed by atoms with E-state index in [2.05, 4.69) is 5.16 Å². The van der Waals surface area contributed by atoms with Crippen LogP contribution in [0, 0.1) is 10.1 Å². The molecule has 0 amide bonds. The number of alkyl halides is 4. The molecule has 0 aliphatic rings. The van der Waals surface area contributed by atoms with Crippen LogP contribution < -0.4 is 4.74 Å². The summed E-state index contributed by atoms with van der Waals surface area (Å²) >= 11 is 0. The fourth-order valence-electron chi connectivity index (χ4n) is 4.09. The van der Waals surface area contributed by atoms with Crippen molar-refractivity contribution in [1.82, 2.24) is 4.57 Å². The van der Waals surface area contributed by atoms with Crippen molar-refractivity contribution in [2.45, 2.75) is 32.7 Å². The molecular weight excluding hydrogens is 510 g/mol. The number of rotatable bonds is 9. The summed E-state index contributed by atoms with van der Waals surface area (Å²) in [5, 5.41) is 16.5. The van der Waals surface area contributed by atoms with Crippen LogP contribution in [-0.2, 0) is 16.2 Å². The number of non-ortho nitro benzene ring substituents is 1. The molecule has 0 saturated heterocycles. The van der Waals surface area contributed by atoms with E-state index in [4.69, 9.17) is 9.57 Å². The van der Waals surface area contributed by atoms with E-state index in [-0.39, 0.29) is 22.7 Å². The van der Waals surface area contributed by atoms with Gasteiger partial charge in [-0.3, -0.25) is 10.1 Å². The van der Waals surface area contributed by atoms with Gasteiger partial charge in [-0.15, -0.1) is 0 Å². The summed E-state index contributed by atoms with van der Waals surface area (Å²) in [6, 6.07) is 15.3. The van der Waals surface area contributed by atoms with Crippen LogP contribution in [0.15, 0.2) is 65.8 Å². The van der Waals surface area contributed by atoms with E-state index in [1.54, 1.807) is 30.3 Å². The summed E-state index contributed by atoms with van der Waals surface area (Å²) in [6.07, 6.45) is -3.92. The monoisotopic (exact) mass is 531 g/mol. The molecule has 38 heavy (non-hydrogen) atoms. The Bertz CT molecular complexity index is 1570. The van der Waals surface area contributed by atoms with E-state index in [0.29, 0.717) is 22.9 Å². The largest absolute Gasteiger partial charge is 0.486 e. The van der Waals surface area contributed by atoms with Crippen LogP contribution in [0.2, 0.25) is 0 Å². The smallest absolute Gasteiger partial charge is 0.340 e. The highest BCUT2D eigenvalue weighted by Crippen LogP contribution is 2.34. The van der Waals surface area contributed by atoms with Crippen molar-refractivity contribution in [3.05, 3.63) is 81.9 Å². The molecule has 0 unspecified atom stereocenters. The van der Waals surface area contributed by atoms with Crippen molar-refractivity contribution in [3.8, 4) is 5.75 Å². The number of halogens is 4. The molecular formula is C26H21F4N3O5. The van der Waals surface area contributed by atoms with Gasteiger partial charge in [-0.1, -0.05) is 23.4 Å². The van der Waals surface area contributed by atoms with E-state index < -0.39 is 29.8 Å². The highest BCUT2D eigenvalue weighted by Gasteiger charge is 2.42. The van der Waals surface area contributed by atoms with Crippen molar-refractivity contribution >= 4 is 39.2 Å². The van der Waals surface area contributed by atoms with Gasteiger partial charge in [0.05, 0.1) is 4.92 Å². The number of nitrogens with zero attached hydrogens (tertiary/aromatic N) is 3. The van der Waals surface area contributed by atoms with Crippen LogP contribution in [0.25, 0.3) is 21.8 Å². The lowest BCUT2D eigenvalue weighted by atomic mass is 9.99. The molecule has 1 heterocycles. The Labute approximate surface area is 213 Å². The number of aromatic nitrogens is 1. The maximum absolute atomic E-state index is 13.6. The maximum atomic E-state index is 13.6. The van der Waals surface area contributed by atoms with Gasteiger partial charge in [-0.05, 0) is 37.3 Å². The third-order valence-electron chi connectivity index (χ3n) is 5.80. The first kappa shape index (κ1) is 26.6. The molecule has 8 nitrogen and oxygen atoms in total. The van der Waals surface area contributed by atoms with Crippen LogP contribution in [-0.4, -0.2) is 40.1 Å². The van der Waals surface area contributed by atoms with Crippen LogP contribution in [0.4, 0.5) is 23.2 Å². The first-order valence-electron chi connectivity index (χ1n) is 11.4. The number of aryl methyl sites for hydroxylation is 1. The number of fused-ring (bicyclic) bond motifs is 3. The summed E-state index contributed by atoms with van der Waals surface area (Å²) < 4.78 is 59.5. The first-order valence-corrected chi connectivity index (χ1v) is 11.4. The Morgan fingerprint density at radius 3 is 2.37 bits per heavy atom. The number of hydrogen-bond donors (Lipinski definition) is 0. The molecule has 0 bridgehead atoms. The van der Waals surface area contributed by atoms with Gasteiger partial charge in [-0.2, -0.15) is 8.78 Å². The molecule has 198 valence electrons. The quantitative estimate of drug-likeness (QED) is 0.0828. The number of para-hydroxylation sites is 1. The van der Waals surface area contributed by atoms with Gasteiger partial charge >= 0.3 is 18.3 Å². The second kappa shape index (κ2) is 10.5. The molecule has 0 aliphatic heterocycles. The summed E-state index contributed by atoms with van der Waals surface area (Å²) in [7, 11) is 0. The first-order chi connectivity index (χ1) is 18.0. The minimum atomic E-state index is -4.39. The molecule has 4 rings (SSSR count). The van der Waals surface area contributed by atoms with E-state index >= 15 is 0 Å². The van der Waals surface area contributed by atoms with Gasteiger partial charge in [0.15, 0.2) is 6.61 Å². The molecule has 0 saturated carbocycles. The fraction of sp³-hybridized carbons (Fsp3) is 0.231. The summed E-state index contributed by atoms with van der Waals surface area (Å²) in [5.74, 6) is -5.34. The number of carbonyl (C=O) groups is 1. The van der Waals surface area contributed by atoms with Crippen LogP contribution in [0.1, 0.15) is 25.0 Å². The van der Waals surface area contributed by atoms with E-state index in [9.17, 15) is 32.5 Å². The fourth-order valence-corrected chi connectivity index (χ4v) is 4.09. The van der Waals surface area contributed by atoms with Crippen LogP contribution >= 0.6 is 0 Å². The Morgan fingerprint density at radius 1 is 1.08 bits per heavy atom. The van der Waals surface area contributed by atoms with E-state index in [1.807, 2.05) is 11.5 Å². The van der Waals surface area contributed by atoms with Gasteiger partial charge in [0.25, 0.3) is 5.69 Å². The minimum Gasteiger partial charge on any atom is -0.486 e. The van der Waals surface area contributed by atoms with Crippen molar-refractivity contribution in [2.24, 2.45) is 5.16 Å². The molecule has 3 aromatic carbocycles. The van der Waals surface area contributed by atoms with Gasteiger partial charge in [0.1, 0.15) is 11.5 Å². The molecule has 0 N–H and O–H groups in total. The number of carbonyl (C=O) groups excluding carboxylic acids is 1. The number of benzene rings is 3. The van der Waals surface area contributed by atoms with Gasteiger partial charge in [0, 0.05) is 58.5 Å². The van der Waals surface area contributed by atoms with Crippen molar-refractivity contribution in [1.29, 1.82) is 0 Å². The SMILES string of the molecule is CCn1c2ccc(/C(=N\OC(C)=O)c3ccccc3OCC(F)(F)C(F)F)cc2c2cc([N+](=O)[O-])ccc21. The average molecular weight is 531 g/mol. The summed E-state index contributed by atoms with van der Waals surface area (Å²) in [5.41, 5.74) is 1.87. The number of nitro benzene ring substituents is 1. The predicted molar refractivity (Wildman–Crippen MR) is 132 cm³/mol. The highest BCUT2D eigenvalue weighted by atomic mass is 19.3. The molecule has 0 spiro atoms. The second-order valence-electron chi connectivity index (χ2n) is 8.30. The van der Waals surface area contributed by atoms with E-state index in [1.165, 1.54) is 30.3 Å². The predicted octanol–water partition coefficient (Wildman–Crippen LogP) is 6.32. The van der Waals surface area contributed by atoms with Crippen molar-refractivity contribution in [2.75, 3.05) is 6.61 Å². The lowest BCUT2D eigenvalue weighted by Gasteiger charge is -2.18. The standard InChI is InChI=1S/C26H21F4N3O5/c1-3-32-21-10-8-16(12-19(21)20-13-17(33(35)36)9-11-22(20)32)24(31-38-15(2)34)18-6-4-5-7-23(18)37-14-26(29,30)25(27)28/h4-13,25H,3,14H2,1-2H3/b31-24+. The molecule has 1 aromatic heterocycles. The average Bonchev–Trinajstić information content (AvgIpc) is 3.20. The summed E-state index contributed by atoms with van der Waals surface area (Å²) in [4.78, 5) is 27.3. The molecule has 4 aromatic rings. The van der Waals surface area contributed by atoms with Gasteiger partial charge in [-0.25, -0.2) is 13.6 Å². The third kappa shape index (κ3) is 5.15. The summed E-state index contributed by atoms with van der Waals surface area (Å²) in [6.45, 7) is 2.02. The second-order valence-corrected chi connectivity index (χ2v) is 8.30. The van der Waals surface area contributed by atoms with Crippen molar-refractivity contribution < 1.29 is 36.9 Å². The van der Waals surface area contributed by atoms with Crippen molar-refractivity contribution in [3.63, 3.8) is 0 Å². The lowest BCUT2D eigenvalue weighted by molar-refractivity contribution is -0.384. The molecule has 0 fully saturated rings. The molecule has 0 radical (unpaired) electrons. The number of nitro groups is 1. The van der Waals surface area contributed by atoms with E-state index in [0.717, 1.165) is 18.0 Å². The Hall–Kier alpha value is -4.48. The number of ether oxygens (including phenoxy) is 1. The van der Waals surface area contributed by atoms with Crippen LogP contribution in [0.3, 0.4) is 0 Å². The Balaban J connectivity index is 1.89. The zero-order valence-electron chi connectivity index (χ0n) is 20.2. The number of hydrogen-bond acceptors (Lipinski definition) is 6. The third-order valence-corrected chi connectivity index (χ3v) is 5.80. The lowest BCUT2D eigenvalue weighted by Crippen LogP contribution is -2.34.